The second kappa shape index (κ2) is 10.7. The summed E-state index contributed by atoms with van der Waals surface area (Å²) in [6.07, 6.45) is 2.70. The molecular weight excluding hydrogens is 533 g/mol. The summed E-state index contributed by atoms with van der Waals surface area (Å²) in [5, 5.41) is 10.6. The zero-order valence-electron chi connectivity index (χ0n) is 21.1. The van der Waals surface area contributed by atoms with Gasteiger partial charge in [-0.15, -0.1) is 5.10 Å². The van der Waals surface area contributed by atoms with Gasteiger partial charge < -0.3 is 11.1 Å². The molecule has 0 spiro atoms. The molecule has 1 amide bonds. The summed E-state index contributed by atoms with van der Waals surface area (Å²) in [4.78, 5) is 21.0. The summed E-state index contributed by atoms with van der Waals surface area (Å²) in [6, 6.07) is 5.50. The van der Waals surface area contributed by atoms with Crippen molar-refractivity contribution >= 4 is 11.6 Å². The second-order valence-electron chi connectivity index (χ2n) is 9.79. The normalized spacial score (nSPS) is 21.3. The summed E-state index contributed by atoms with van der Waals surface area (Å²) in [7, 11) is 0. The zero-order valence-corrected chi connectivity index (χ0v) is 21.1. The maximum absolute atomic E-state index is 14.6. The first kappa shape index (κ1) is 27.3. The number of hydrogen-bond donors (Lipinski definition) is 2. The third-order valence-corrected chi connectivity index (χ3v) is 7.16. The van der Waals surface area contributed by atoms with Gasteiger partial charge in [0.2, 0.25) is 0 Å². The van der Waals surface area contributed by atoms with Crippen molar-refractivity contribution in [3.8, 4) is 11.3 Å². The minimum Gasteiger partial charge on any atom is -0.326 e. The van der Waals surface area contributed by atoms with E-state index in [0.717, 1.165) is 36.2 Å². The third kappa shape index (κ3) is 5.28. The van der Waals surface area contributed by atoms with Gasteiger partial charge in [-0.2, -0.15) is 13.2 Å². The van der Waals surface area contributed by atoms with Crippen molar-refractivity contribution in [3.05, 3.63) is 89.6 Å². The number of rotatable bonds is 5. The molecule has 1 aromatic carbocycles. The van der Waals surface area contributed by atoms with Gasteiger partial charge in [0.1, 0.15) is 23.0 Å². The number of benzene rings is 1. The number of hydrogen-bond acceptors (Lipinski definition) is 6. The molecular formula is C27H24F5N7O. The van der Waals surface area contributed by atoms with Crippen molar-refractivity contribution in [2.24, 2.45) is 11.7 Å². The van der Waals surface area contributed by atoms with E-state index in [2.05, 4.69) is 32.5 Å². The number of nitrogens with two attached hydrogens (primary N) is 1. The number of alkyl halides is 3. The second-order valence-corrected chi connectivity index (χ2v) is 9.79. The highest BCUT2D eigenvalue weighted by Crippen LogP contribution is 2.43. The summed E-state index contributed by atoms with van der Waals surface area (Å²) >= 11 is 0. The van der Waals surface area contributed by atoms with Crippen LogP contribution in [0.2, 0.25) is 0 Å². The van der Waals surface area contributed by atoms with Gasteiger partial charge in [0.05, 0.1) is 35.2 Å². The van der Waals surface area contributed by atoms with Gasteiger partial charge in [-0.05, 0) is 60.6 Å². The van der Waals surface area contributed by atoms with E-state index in [4.69, 9.17) is 5.73 Å². The summed E-state index contributed by atoms with van der Waals surface area (Å²) in [5.74, 6) is -3.28. The van der Waals surface area contributed by atoms with Gasteiger partial charge in [-0.25, -0.2) is 18.4 Å². The van der Waals surface area contributed by atoms with Gasteiger partial charge in [0, 0.05) is 18.4 Å². The molecule has 0 saturated heterocycles. The Balaban J connectivity index is 1.42. The van der Waals surface area contributed by atoms with E-state index in [9.17, 15) is 26.7 Å². The molecule has 0 bridgehead atoms. The van der Waals surface area contributed by atoms with Gasteiger partial charge in [-0.1, -0.05) is 18.2 Å². The number of halogens is 5. The molecule has 1 fully saturated rings. The molecule has 5 rings (SSSR count). The number of anilines is 1. The van der Waals surface area contributed by atoms with Crippen LogP contribution < -0.4 is 11.1 Å². The van der Waals surface area contributed by atoms with Crippen LogP contribution in [0.15, 0.2) is 61.2 Å². The van der Waals surface area contributed by atoms with Crippen molar-refractivity contribution in [2.75, 3.05) is 5.32 Å². The van der Waals surface area contributed by atoms with E-state index in [1.807, 2.05) is 0 Å². The molecule has 1 aliphatic rings. The van der Waals surface area contributed by atoms with Crippen molar-refractivity contribution < 1.29 is 26.7 Å². The van der Waals surface area contributed by atoms with Crippen LogP contribution >= 0.6 is 0 Å². The van der Waals surface area contributed by atoms with Crippen molar-refractivity contribution in [1.29, 1.82) is 0 Å². The lowest BCUT2D eigenvalue weighted by Crippen LogP contribution is -2.42. The van der Waals surface area contributed by atoms with Gasteiger partial charge in [0.25, 0.3) is 5.91 Å². The Morgan fingerprint density at radius 1 is 1.07 bits per heavy atom. The van der Waals surface area contributed by atoms with E-state index in [-0.39, 0.29) is 23.9 Å². The van der Waals surface area contributed by atoms with Gasteiger partial charge in [-0.3, -0.25) is 9.78 Å². The molecule has 3 aromatic heterocycles. The highest BCUT2D eigenvalue weighted by molar-refractivity contribution is 6.03. The summed E-state index contributed by atoms with van der Waals surface area (Å²) < 4.78 is 71.6. The van der Waals surface area contributed by atoms with Crippen LogP contribution in [0.4, 0.5) is 27.6 Å². The van der Waals surface area contributed by atoms with Crippen LogP contribution in [0.3, 0.4) is 0 Å². The fourth-order valence-electron chi connectivity index (χ4n) is 5.46. The molecule has 208 valence electrons. The lowest BCUT2D eigenvalue weighted by molar-refractivity contribution is -0.137. The van der Waals surface area contributed by atoms with Crippen LogP contribution in [-0.4, -0.2) is 36.9 Å². The first-order valence-electron chi connectivity index (χ1n) is 12.4. The Labute approximate surface area is 225 Å². The van der Waals surface area contributed by atoms with Crippen LogP contribution in [0, 0.1) is 17.6 Å². The monoisotopic (exact) mass is 557 g/mol. The van der Waals surface area contributed by atoms with Crippen LogP contribution in [0.5, 0.6) is 0 Å². The van der Waals surface area contributed by atoms with Crippen LogP contribution in [0.1, 0.15) is 53.3 Å². The molecule has 1 aliphatic carbocycles. The SMILES string of the molecule is C[C@H]1C[C@@H](c2ccncc2NC(=O)c2ccc(F)c(-c3c(F)cccc3C(F)(F)F)n2)C[C@@H](N)[C@H]1n1ccnn1. The average molecular weight is 558 g/mol. The molecule has 8 nitrogen and oxygen atoms in total. The Bertz CT molecular complexity index is 1510. The maximum Gasteiger partial charge on any atom is 0.417 e. The molecule has 0 unspecified atom stereocenters. The van der Waals surface area contributed by atoms with Crippen molar-refractivity contribution in [1.82, 2.24) is 25.0 Å². The predicted octanol–water partition coefficient (Wildman–Crippen LogP) is 5.37. The minimum absolute atomic E-state index is 0.0485. The first-order valence-corrected chi connectivity index (χ1v) is 12.4. The van der Waals surface area contributed by atoms with E-state index >= 15 is 0 Å². The van der Waals surface area contributed by atoms with E-state index in [0.29, 0.717) is 18.2 Å². The highest BCUT2D eigenvalue weighted by Gasteiger charge is 2.38. The summed E-state index contributed by atoms with van der Waals surface area (Å²) in [5.41, 5.74) is 3.84. The molecule has 1 saturated carbocycles. The Morgan fingerprint density at radius 2 is 1.88 bits per heavy atom. The molecule has 0 aliphatic heterocycles. The van der Waals surface area contributed by atoms with Crippen LogP contribution in [0.25, 0.3) is 11.3 Å². The van der Waals surface area contributed by atoms with E-state index < -0.39 is 46.2 Å². The minimum atomic E-state index is -4.97. The first-order chi connectivity index (χ1) is 19.0. The van der Waals surface area contributed by atoms with E-state index in [1.54, 1.807) is 29.3 Å². The maximum atomic E-state index is 14.6. The van der Waals surface area contributed by atoms with E-state index in [1.165, 1.54) is 6.20 Å². The Hall–Kier alpha value is -4.26. The average Bonchev–Trinajstić information content (AvgIpc) is 3.43. The van der Waals surface area contributed by atoms with Gasteiger partial charge >= 0.3 is 6.18 Å². The number of nitrogens with one attached hydrogen (secondary N) is 1. The lowest BCUT2D eigenvalue weighted by Gasteiger charge is -2.39. The molecule has 0 radical (unpaired) electrons. The molecule has 13 heteroatoms. The molecule has 3 heterocycles. The fourth-order valence-corrected chi connectivity index (χ4v) is 5.46. The number of pyridine rings is 2. The number of aromatic nitrogens is 5. The van der Waals surface area contributed by atoms with Crippen molar-refractivity contribution in [3.63, 3.8) is 0 Å². The number of amides is 1. The van der Waals surface area contributed by atoms with Crippen molar-refractivity contribution in [2.45, 2.75) is 43.9 Å². The Kier molecular flexibility index (Phi) is 7.32. The number of nitrogens with zero attached hydrogens (tertiary/aromatic N) is 5. The number of carbonyl (C=O) groups excluding carboxylic acids is 1. The fraction of sp³-hybridized carbons (Fsp3) is 0.296. The third-order valence-electron chi connectivity index (χ3n) is 7.16. The smallest absolute Gasteiger partial charge is 0.326 e. The molecule has 40 heavy (non-hydrogen) atoms. The van der Waals surface area contributed by atoms with Gasteiger partial charge in [0.15, 0.2) is 0 Å². The largest absolute Gasteiger partial charge is 0.417 e. The van der Waals surface area contributed by atoms with Crippen LogP contribution in [-0.2, 0) is 6.18 Å². The molecule has 3 N–H and O–H groups in total. The summed E-state index contributed by atoms with van der Waals surface area (Å²) in [6.45, 7) is 2.06. The predicted molar refractivity (Wildman–Crippen MR) is 135 cm³/mol. The topological polar surface area (TPSA) is 112 Å². The zero-order chi connectivity index (χ0) is 28.6. The Morgan fingerprint density at radius 3 is 2.58 bits per heavy atom. The lowest BCUT2D eigenvalue weighted by atomic mass is 9.73. The molecule has 4 aromatic rings. The highest BCUT2D eigenvalue weighted by atomic mass is 19.4. The number of carbonyl (C=O) groups is 1. The molecule has 4 atom stereocenters. The standard InChI is InChI=1S/C27H24F5N7O/c1-14-11-15(12-20(33)25(14)39-10-9-35-38-39)16-7-8-34-13-22(16)37-26(40)21-6-5-19(29)24(36-21)23-17(27(30,31)32)3-2-4-18(23)28/h2-10,13-15,20,25H,11-12,33H2,1H3,(H,37,40)/t14-,15+,20+,25-/m0/s1. The quantitative estimate of drug-likeness (QED) is 0.320.